The standard InChI is InChI=1S/C19H23BrN2O3S/c1-15(17-8-10-18(20)11-9-17)21-19(23)14-22(26(2,24)25)13-12-16-6-4-3-5-7-16/h3-11,15H,12-14H2,1-2H3,(H,21,23)/t15-/m1/s1. The topological polar surface area (TPSA) is 66.5 Å². The Labute approximate surface area is 163 Å². The van der Waals surface area contributed by atoms with E-state index in [0.717, 1.165) is 21.9 Å². The summed E-state index contributed by atoms with van der Waals surface area (Å²) in [5.74, 6) is -0.320. The zero-order valence-electron chi connectivity index (χ0n) is 14.9. The van der Waals surface area contributed by atoms with Gasteiger partial charge in [-0.2, -0.15) is 4.31 Å². The molecule has 0 radical (unpaired) electrons. The molecule has 5 nitrogen and oxygen atoms in total. The maximum atomic E-state index is 12.3. The van der Waals surface area contributed by atoms with Crippen LogP contribution in [0.2, 0.25) is 0 Å². The van der Waals surface area contributed by atoms with Crippen LogP contribution in [0.3, 0.4) is 0 Å². The van der Waals surface area contributed by atoms with Crippen molar-refractivity contribution >= 4 is 31.9 Å². The maximum absolute atomic E-state index is 12.3. The highest BCUT2D eigenvalue weighted by Crippen LogP contribution is 2.16. The van der Waals surface area contributed by atoms with Gasteiger partial charge in [-0.05, 0) is 36.6 Å². The third kappa shape index (κ3) is 6.55. The lowest BCUT2D eigenvalue weighted by Gasteiger charge is -2.21. The Morgan fingerprint density at radius 2 is 1.73 bits per heavy atom. The Bertz CT molecular complexity index is 824. The fourth-order valence-corrected chi connectivity index (χ4v) is 3.58. The monoisotopic (exact) mass is 438 g/mol. The van der Waals surface area contributed by atoms with E-state index in [0.29, 0.717) is 6.42 Å². The molecule has 0 spiro atoms. The van der Waals surface area contributed by atoms with Crippen molar-refractivity contribution in [2.45, 2.75) is 19.4 Å². The van der Waals surface area contributed by atoms with Gasteiger partial charge in [0.2, 0.25) is 15.9 Å². The number of nitrogens with one attached hydrogen (secondary N) is 1. The van der Waals surface area contributed by atoms with Gasteiger partial charge in [-0.1, -0.05) is 58.4 Å². The van der Waals surface area contributed by atoms with Gasteiger partial charge in [-0.3, -0.25) is 4.79 Å². The minimum atomic E-state index is -3.47. The molecule has 0 aromatic heterocycles. The predicted octanol–water partition coefficient (Wildman–Crippen LogP) is 3.13. The third-order valence-electron chi connectivity index (χ3n) is 4.03. The molecule has 2 aromatic rings. The van der Waals surface area contributed by atoms with Gasteiger partial charge in [-0.15, -0.1) is 0 Å². The van der Waals surface area contributed by atoms with Crippen molar-refractivity contribution in [3.8, 4) is 0 Å². The highest BCUT2D eigenvalue weighted by molar-refractivity contribution is 9.10. The number of amides is 1. The van der Waals surface area contributed by atoms with Gasteiger partial charge >= 0.3 is 0 Å². The molecular formula is C19H23BrN2O3S. The van der Waals surface area contributed by atoms with Gasteiger partial charge in [-0.25, -0.2) is 8.42 Å². The van der Waals surface area contributed by atoms with E-state index in [2.05, 4.69) is 21.2 Å². The average Bonchev–Trinajstić information content (AvgIpc) is 2.59. The van der Waals surface area contributed by atoms with Crippen LogP contribution in [0.5, 0.6) is 0 Å². The van der Waals surface area contributed by atoms with Crippen molar-refractivity contribution in [1.82, 2.24) is 9.62 Å². The second-order valence-electron chi connectivity index (χ2n) is 6.17. The van der Waals surface area contributed by atoms with Crippen molar-refractivity contribution in [3.63, 3.8) is 0 Å². The van der Waals surface area contributed by atoms with Crippen LogP contribution in [0.15, 0.2) is 59.1 Å². The summed E-state index contributed by atoms with van der Waals surface area (Å²) < 4.78 is 26.2. The molecule has 7 heteroatoms. The summed E-state index contributed by atoms with van der Waals surface area (Å²) in [7, 11) is -3.47. The highest BCUT2D eigenvalue weighted by Gasteiger charge is 2.21. The Kier molecular flexibility index (Phi) is 7.37. The summed E-state index contributed by atoms with van der Waals surface area (Å²) >= 11 is 3.38. The molecule has 0 heterocycles. The Morgan fingerprint density at radius 3 is 2.31 bits per heavy atom. The summed E-state index contributed by atoms with van der Waals surface area (Å²) in [5, 5.41) is 2.86. The lowest BCUT2D eigenvalue weighted by molar-refractivity contribution is -0.121. The van der Waals surface area contributed by atoms with Gasteiger partial charge in [0.1, 0.15) is 0 Å². The molecule has 0 saturated heterocycles. The fraction of sp³-hybridized carbons (Fsp3) is 0.316. The van der Waals surface area contributed by atoms with Crippen LogP contribution in [-0.2, 0) is 21.2 Å². The van der Waals surface area contributed by atoms with Gasteiger partial charge in [0.25, 0.3) is 0 Å². The van der Waals surface area contributed by atoms with Gasteiger partial charge < -0.3 is 5.32 Å². The number of nitrogens with zero attached hydrogens (tertiary/aromatic N) is 1. The largest absolute Gasteiger partial charge is 0.348 e. The molecule has 0 aliphatic heterocycles. The number of benzene rings is 2. The van der Waals surface area contributed by atoms with E-state index in [1.165, 1.54) is 4.31 Å². The predicted molar refractivity (Wildman–Crippen MR) is 107 cm³/mol. The number of hydrogen-bond acceptors (Lipinski definition) is 3. The first kappa shape index (κ1) is 20.6. The molecule has 1 amide bonds. The summed E-state index contributed by atoms with van der Waals surface area (Å²) in [5.41, 5.74) is 1.99. The summed E-state index contributed by atoms with van der Waals surface area (Å²) in [6.45, 7) is 1.95. The molecule has 0 aliphatic carbocycles. The van der Waals surface area contributed by atoms with Crippen LogP contribution < -0.4 is 5.32 Å². The van der Waals surface area contributed by atoms with E-state index < -0.39 is 10.0 Å². The lowest BCUT2D eigenvalue weighted by atomic mass is 10.1. The normalized spacial score (nSPS) is 12.8. The lowest BCUT2D eigenvalue weighted by Crippen LogP contribution is -2.41. The van der Waals surface area contributed by atoms with Crippen molar-refractivity contribution in [2.75, 3.05) is 19.3 Å². The molecule has 0 bridgehead atoms. The molecule has 26 heavy (non-hydrogen) atoms. The van der Waals surface area contributed by atoms with E-state index >= 15 is 0 Å². The van der Waals surface area contributed by atoms with Gasteiger partial charge in [0.05, 0.1) is 18.8 Å². The van der Waals surface area contributed by atoms with E-state index in [1.807, 2.05) is 61.5 Å². The summed E-state index contributed by atoms with van der Waals surface area (Å²) in [6, 6.07) is 17.0. The number of carbonyl (C=O) groups excluding carboxylic acids is 1. The fourth-order valence-electron chi connectivity index (χ4n) is 2.54. The van der Waals surface area contributed by atoms with Crippen LogP contribution in [-0.4, -0.2) is 38.0 Å². The quantitative estimate of drug-likeness (QED) is 0.688. The SMILES string of the molecule is C[C@@H](NC(=O)CN(CCc1ccccc1)S(C)(=O)=O)c1ccc(Br)cc1. The van der Waals surface area contributed by atoms with E-state index in [-0.39, 0.29) is 25.0 Å². The smallest absolute Gasteiger partial charge is 0.235 e. The number of carbonyl (C=O) groups is 1. The van der Waals surface area contributed by atoms with Crippen molar-refractivity contribution in [1.29, 1.82) is 0 Å². The van der Waals surface area contributed by atoms with Crippen LogP contribution in [0.4, 0.5) is 0 Å². The Balaban J connectivity index is 1.96. The van der Waals surface area contributed by atoms with Gasteiger partial charge in [0, 0.05) is 11.0 Å². The molecule has 0 saturated carbocycles. The zero-order chi connectivity index (χ0) is 19.2. The molecule has 1 N–H and O–H groups in total. The van der Waals surface area contributed by atoms with E-state index in [4.69, 9.17) is 0 Å². The summed E-state index contributed by atoms with van der Waals surface area (Å²) in [4.78, 5) is 12.3. The van der Waals surface area contributed by atoms with Crippen LogP contribution in [0, 0.1) is 0 Å². The number of rotatable bonds is 8. The molecule has 1 atom stereocenters. The number of sulfonamides is 1. The highest BCUT2D eigenvalue weighted by atomic mass is 79.9. The second kappa shape index (κ2) is 9.30. The first-order valence-corrected chi connectivity index (χ1v) is 10.9. The molecule has 2 rings (SSSR count). The van der Waals surface area contributed by atoms with Crippen molar-refractivity contribution < 1.29 is 13.2 Å². The number of hydrogen-bond donors (Lipinski definition) is 1. The minimum Gasteiger partial charge on any atom is -0.348 e. The number of halogens is 1. The molecule has 140 valence electrons. The maximum Gasteiger partial charge on any atom is 0.235 e. The van der Waals surface area contributed by atoms with Gasteiger partial charge in [0.15, 0.2) is 0 Å². The molecule has 0 aliphatic rings. The average molecular weight is 439 g/mol. The first-order chi connectivity index (χ1) is 12.3. The van der Waals surface area contributed by atoms with E-state index in [9.17, 15) is 13.2 Å². The molecular weight excluding hydrogens is 416 g/mol. The Hall–Kier alpha value is -1.70. The van der Waals surface area contributed by atoms with Crippen LogP contribution in [0.25, 0.3) is 0 Å². The first-order valence-electron chi connectivity index (χ1n) is 8.29. The van der Waals surface area contributed by atoms with Crippen molar-refractivity contribution in [2.24, 2.45) is 0 Å². The minimum absolute atomic E-state index is 0.188. The third-order valence-corrected chi connectivity index (χ3v) is 5.81. The summed E-state index contributed by atoms with van der Waals surface area (Å²) in [6.07, 6.45) is 1.69. The Morgan fingerprint density at radius 1 is 1.12 bits per heavy atom. The molecule has 0 fully saturated rings. The van der Waals surface area contributed by atoms with Crippen molar-refractivity contribution in [3.05, 3.63) is 70.2 Å². The van der Waals surface area contributed by atoms with E-state index in [1.54, 1.807) is 0 Å². The van der Waals surface area contributed by atoms with Crippen LogP contribution >= 0.6 is 15.9 Å². The molecule has 0 unspecified atom stereocenters. The molecule has 2 aromatic carbocycles. The van der Waals surface area contributed by atoms with Crippen LogP contribution in [0.1, 0.15) is 24.1 Å². The zero-order valence-corrected chi connectivity index (χ0v) is 17.3. The second-order valence-corrected chi connectivity index (χ2v) is 9.07.